The molecule has 1 atom stereocenters. The number of benzene rings is 2. The smallest absolute Gasteiger partial charge is 0.261 e. The number of hydrogen-bond acceptors (Lipinski definition) is 8. The van der Waals surface area contributed by atoms with Gasteiger partial charge in [-0.25, -0.2) is 13.9 Å². The van der Waals surface area contributed by atoms with Crippen LogP contribution in [0.5, 0.6) is 11.5 Å². The van der Waals surface area contributed by atoms with E-state index in [1.807, 2.05) is 26.0 Å². The average molecular weight is 493 g/mol. The molecule has 0 aromatic heterocycles. The van der Waals surface area contributed by atoms with E-state index >= 15 is 0 Å². The molecule has 4 N–H and O–H groups in total. The average Bonchev–Trinajstić information content (AvgIpc) is 2.95. The Morgan fingerprint density at radius 2 is 1.82 bits per heavy atom. The minimum atomic E-state index is -3.98. The van der Waals surface area contributed by atoms with Gasteiger partial charge in [-0.05, 0) is 48.2 Å². The van der Waals surface area contributed by atoms with Crippen LogP contribution in [0.4, 0.5) is 11.4 Å². The molecule has 3 rings (SSSR count). The van der Waals surface area contributed by atoms with Crippen molar-refractivity contribution in [3.63, 3.8) is 0 Å². The molecule has 1 aliphatic rings. The van der Waals surface area contributed by atoms with Gasteiger partial charge in [0, 0.05) is 31.4 Å². The van der Waals surface area contributed by atoms with Gasteiger partial charge in [-0.3, -0.25) is 10.0 Å². The summed E-state index contributed by atoms with van der Waals surface area (Å²) in [5, 5.41) is 15.6. The van der Waals surface area contributed by atoms with Crippen molar-refractivity contribution >= 4 is 27.3 Å². The van der Waals surface area contributed by atoms with Crippen LogP contribution in [0.2, 0.25) is 0 Å². The topological polar surface area (TPSA) is 129 Å². The van der Waals surface area contributed by atoms with E-state index in [-0.39, 0.29) is 23.8 Å². The maximum absolute atomic E-state index is 13.5. The highest BCUT2D eigenvalue weighted by molar-refractivity contribution is 7.89. The summed E-state index contributed by atoms with van der Waals surface area (Å²) in [6.07, 6.45) is 0.282. The van der Waals surface area contributed by atoms with Gasteiger partial charge < -0.3 is 20.1 Å². The Bertz CT molecular complexity index is 1100. The van der Waals surface area contributed by atoms with E-state index in [9.17, 15) is 18.4 Å². The van der Waals surface area contributed by atoms with Gasteiger partial charge in [0.15, 0.2) is 0 Å². The van der Waals surface area contributed by atoms with Crippen molar-refractivity contribution in [1.29, 1.82) is 0 Å². The first-order chi connectivity index (χ1) is 16.2. The molecule has 0 aliphatic carbocycles. The zero-order valence-corrected chi connectivity index (χ0v) is 20.6. The van der Waals surface area contributed by atoms with E-state index in [2.05, 4.69) is 10.6 Å². The van der Waals surface area contributed by atoms with E-state index in [4.69, 9.17) is 9.47 Å². The zero-order chi connectivity index (χ0) is 24.9. The van der Waals surface area contributed by atoms with Crippen molar-refractivity contribution in [2.24, 2.45) is 5.92 Å². The Morgan fingerprint density at radius 1 is 1.15 bits per heavy atom. The Balaban J connectivity index is 1.85. The van der Waals surface area contributed by atoms with Crippen LogP contribution in [0.15, 0.2) is 41.3 Å². The van der Waals surface area contributed by atoms with Crippen LogP contribution in [-0.4, -0.2) is 57.2 Å². The first-order valence-electron chi connectivity index (χ1n) is 11.0. The van der Waals surface area contributed by atoms with Crippen LogP contribution < -0.4 is 25.6 Å². The SMILES string of the molecule is COc1cc(CNc2ccc3c(c2)NCCN([C@H](CC(C)C)C(=O)NO)S3(=O)=O)cc(OC)c1. The molecule has 186 valence electrons. The monoisotopic (exact) mass is 492 g/mol. The lowest BCUT2D eigenvalue weighted by molar-refractivity contribution is -0.133. The fourth-order valence-electron chi connectivity index (χ4n) is 3.92. The lowest BCUT2D eigenvalue weighted by Crippen LogP contribution is -2.50. The number of carbonyl (C=O) groups excluding carboxylic acids is 1. The zero-order valence-electron chi connectivity index (χ0n) is 19.8. The van der Waals surface area contributed by atoms with Crippen LogP contribution in [0.25, 0.3) is 0 Å². The van der Waals surface area contributed by atoms with Crippen LogP contribution in [-0.2, 0) is 21.4 Å². The van der Waals surface area contributed by atoms with Gasteiger partial charge in [-0.2, -0.15) is 4.31 Å². The molecule has 10 nitrogen and oxygen atoms in total. The quantitative estimate of drug-likeness (QED) is 0.311. The van der Waals surface area contributed by atoms with E-state index < -0.39 is 22.0 Å². The minimum Gasteiger partial charge on any atom is -0.497 e. The number of carbonyl (C=O) groups is 1. The van der Waals surface area contributed by atoms with E-state index in [0.717, 1.165) is 15.6 Å². The molecule has 0 saturated heterocycles. The van der Waals surface area contributed by atoms with Gasteiger partial charge in [-0.15, -0.1) is 0 Å². The molecule has 2 aromatic carbocycles. The van der Waals surface area contributed by atoms with Gasteiger partial charge in [0.1, 0.15) is 22.4 Å². The molecule has 0 radical (unpaired) electrons. The van der Waals surface area contributed by atoms with Gasteiger partial charge in [0.2, 0.25) is 10.0 Å². The molecule has 1 heterocycles. The molecular weight excluding hydrogens is 460 g/mol. The maximum atomic E-state index is 13.5. The number of hydroxylamine groups is 1. The lowest BCUT2D eigenvalue weighted by Gasteiger charge is -2.29. The Labute approximate surface area is 200 Å². The summed E-state index contributed by atoms with van der Waals surface area (Å²) < 4.78 is 38.7. The molecule has 34 heavy (non-hydrogen) atoms. The van der Waals surface area contributed by atoms with Gasteiger partial charge in [-0.1, -0.05) is 13.8 Å². The summed E-state index contributed by atoms with van der Waals surface area (Å²) in [5.74, 6) is 0.658. The summed E-state index contributed by atoms with van der Waals surface area (Å²) in [7, 11) is -0.809. The molecule has 0 fully saturated rings. The largest absolute Gasteiger partial charge is 0.497 e. The van der Waals surface area contributed by atoms with E-state index in [0.29, 0.717) is 30.3 Å². The Kier molecular flexibility index (Phi) is 8.24. The number of anilines is 2. The molecule has 1 amide bonds. The third kappa shape index (κ3) is 5.72. The first-order valence-corrected chi connectivity index (χ1v) is 12.4. The number of nitrogens with zero attached hydrogens (tertiary/aromatic N) is 1. The Morgan fingerprint density at radius 3 is 2.41 bits per heavy atom. The molecule has 11 heteroatoms. The van der Waals surface area contributed by atoms with Crippen LogP contribution >= 0.6 is 0 Å². The third-order valence-corrected chi connectivity index (χ3v) is 7.54. The summed E-state index contributed by atoms with van der Waals surface area (Å²) in [5.41, 5.74) is 3.72. The van der Waals surface area contributed by atoms with Crippen LogP contribution in [0.1, 0.15) is 25.8 Å². The number of methoxy groups -OCH3 is 2. The fraction of sp³-hybridized carbons (Fsp3) is 0.435. The van der Waals surface area contributed by atoms with Gasteiger partial charge in [0.05, 0.1) is 19.9 Å². The number of nitrogens with one attached hydrogen (secondary N) is 3. The molecule has 0 spiro atoms. The first kappa shape index (κ1) is 25.6. The van der Waals surface area contributed by atoms with Crippen LogP contribution in [0.3, 0.4) is 0 Å². The number of rotatable bonds is 9. The molecule has 2 aromatic rings. The second-order valence-corrected chi connectivity index (χ2v) is 10.3. The maximum Gasteiger partial charge on any atom is 0.261 e. The van der Waals surface area contributed by atoms with E-state index in [1.165, 1.54) is 6.07 Å². The number of sulfonamides is 1. The van der Waals surface area contributed by atoms with Crippen molar-refractivity contribution in [3.8, 4) is 11.5 Å². The highest BCUT2D eigenvalue weighted by atomic mass is 32.2. The highest BCUT2D eigenvalue weighted by Crippen LogP contribution is 2.32. The third-order valence-electron chi connectivity index (χ3n) is 5.58. The van der Waals surface area contributed by atoms with Crippen LogP contribution in [0, 0.1) is 5.92 Å². The second kappa shape index (κ2) is 10.9. The molecule has 0 unspecified atom stereocenters. The highest BCUT2D eigenvalue weighted by Gasteiger charge is 2.38. The standard InChI is InChI=1S/C23H32N4O6S/c1-15(2)9-21(23(28)26-29)27-8-7-24-20-12-17(5-6-22(20)34(27,30)31)25-14-16-10-18(32-3)13-19(11-16)33-4/h5-6,10-13,15,21,24-25,29H,7-9,14H2,1-4H3,(H,26,28)/t21-/m1/s1. The number of ether oxygens (including phenoxy) is 2. The van der Waals surface area contributed by atoms with Crippen molar-refractivity contribution in [1.82, 2.24) is 9.79 Å². The summed E-state index contributed by atoms with van der Waals surface area (Å²) in [4.78, 5) is 12.4. The van der Waals surface area contributed by atoms with Crippen molar-refractivity contribution in [2.75, 3.05) is 37.9 Å². The molecule has 0 bridgehead atoms. The van der Waals surface area contributed by atoms with Crippen molar-refractivity contribution in [2.45, 2.75) is 37.8 Å². The molecule has 1 aliphatic heterocycles. The number of fused-ring (bicyclic) bond motifs is 1. The summed E-state index contributed by atoms with van der Waals surface area (Å²) >= 11 is 0. The molecule has 0 saturated carbocycles. The fourth-order valence-corrected chi connectivity index (χ4v) is 5.67. The van der Waals surface area contributed by atoms with E-state index in [1.54, 1.807) is 37.9 Å². The summed E-state index contributed by atoms with van der Waals surface area (Å²) in [6.45, 7) is 4.66. The summed E-state index contributed by atoms with van der Waals surface area (Å²) in [6, 6.07) is 9.49. The number of hydrogen-bond donors (Lipinski definition) is 4. The predicted octanol–water partition coefficient (Wildman–Crippen LogP) is 2.65. The predicted molar refractivity (Wildman–Crippen MR) is 129 cm³/mol. The normalized spacial score (nSPS) is 16.1. The minimum absolute atomic E-state index is 0.0509. The van der Waals surface area contributed by atoms with Gasteiger partial charge in [0.25, 0.3) is 5.91 Å². The second-order valence-electron chi connectivity index (χ2n) is 8.45. The molecular formula is C23H32N4O6S. The Hall–Kier alpha value is -3.02. The lowest BCUT2D eigenvalue weighted by atomic mass is 10.0. The van der Waals surface area contributed by atoms with Crippen molar-refractivity contribution in [3.05, 3.63) is 42.0 Å². The van der Waals surface area contributed by atoms with Gasteiger partial charge >= 0.3 is 0 Å². The number of amides is 1. The van der Waals surface area contributed by atoms with Crippen molar-refractivity contribution < 1.29 is 27.9 Å².